The van der Waals surface area contributed by atoms with Crippen molar-refractivity contribution >= 4 is 11.6 Å². The van der Waals surface area contributed by atoms with Crippen molar-refractivity contribution in [2.45, 2.75) is 24.9 Å². The number of hydrogen-bond donors (Lipinski definition) is 1. The topological polar surface area (TPSA) is 20.2 Å². The second kappa shape index (κ2) is 4.83. The van der Waals surface area contributed by atoms with Crippen molar-refractivity contribution in [3.63, 3.8) is 0 Å². The first-order valence-corrected chi connectivity index (χ1v) is 6.81. The van der Waals surface area contributed by atoms with Gasteiger partial charge in [-0.15, -0.1) is 0 Å². The summed E-state index contributed by atoms with van der Waals surface area (Å²) in [6.45, 7) is 0. The molecular weight excluding hydrogens is 282 g/mol. The van der Waals surface area contributed by atoms with Gasteiger partial charge in [-0.3, -0.25) is 0 Å². The maximum Gasteiger partial charge on any atom is 0.142 e. The highest BCUT2D eigenvalue weighted by Gasteiger charge is 2.38. The third-order valence-corrected chi connectivity index (χ3v) is 4.20. The van der Waals surface area contributed by atoms with Crippen LogP contribution in [0.3, 0.4) is 0 Å². The number of hydrogen-bond acceptors (Lipinski definition) is 1. The fourth-order valence-corrected chi connectivity index (χ4v) is 3.00. The van der Waals surface area contributed by atoms with E-state index in [1.165, 1.54) is 18.2 Å². The second-order valence-electron chi connectivity index (χ2n) is 5.22. The van der Waals surface area contributed by atoms with E-state index in [0.29, 0.717) is 29.5 Å². The van der Waals surface area contributed by atoms with Crippen molar-refractivity contribution in [1.29, 1.82) is 0 Å². The largest absolute Gasteiger partial charge is 0.385 e. The fourth-order valence-electron chi connectivity index (χ4n) is 2.89. The van der Waals surface area contributed by atoms with Crippen molar-refractivity contribution in [3.05, 3.63) is 69.7 Å². The van der Waals surface area contributed by atoms with Gasteiger partial charge in [-0.25, -0.2) is 8.78 Å². The number of benzene rings is 2. The molecule has 0 aliphatic heterocycles. The van der Waals surface area contributed by atoms with Crippen LogP contribution in [-0.4, -0.2) is 5.11 Å². The van der Waals surface area contributed by atoms with Gasteiger partial charge in [-0.1, -0.05) is 29.8 Å². The van der Waals surface area contributed by atoms with E-state index in [-0.39, 0.29) is 17.3 Å². The smallest absolute Gasteiger partial charge is 0.142 e. The summed E-state index contributed by atoms with van der Waals surface area (Å²) in [7, 11) is 0. The van der Waals surface area contributed by atoms with Crippen LogP contribution in [0.2, 0.25) is 5.02 Å². The van der Waals surface area contributed by atoms with Crippen molar-refractivity contribution in [1.82, 2.24) is 0 Å². The molecule has 0 spiro atoms. The molecule has 0 saturated heterocycles. The van der Waals surface area contributed by atoms with Crippen molar-refractivity contribution < 1.29 is 13.9 Å². The number of fused-ring (bicyclic) bond motifs is 1. The van der Waals surface area contributed by atoms with Crippen molar-refractivity contribution in [2.24, 2.45) is 0 Å². The zero-order valence-corrected chi connectivity index (χ0v) is 11.4. The van der Waals surface area contributed by atoms with E-state index < -0.39 is 11.4 Å². The van der Waals surface area contributed by atoms with Gasteiger partial charge in [0, 0.05) is 6.42 Å². The molecule has 0 aromatic heterocycles. The van der Waals surface area contributed by atoms with Crippen LogP contribution in [0.1, 0.15) is 23.1 Å². The van der Waals surface area contributed by atoms with Crippen molar-refractivity contribution in [3.8, 4) is 0 Å². The molecule has 1 unspecified atom stereocenters. The quantitative estimate of drug-likeness (QED) is 0.888. The summed E-state index contributed by atoms with van der Waals surface area (Å²) < 4.78 is 27.2. The van der Waals surface area contributed by atoms with E-state index >= 15 is 0 Å². The first-order chi connectivity index (χ1) is 9.49. The highest BCUT2D eigenvalue weighted by atomic mass is 35.5. The molecule has 2 aromatic rings. The number of halogens is 3. The molecule has 3 rings (SSSR count). The summed E-state index contributed by atoms with van der Waals surface area (Å²) in [6.07, 6.45) is 1.18. The molecule has 4 heteroatoms. The van der Waals surface area contributed by atoms with E-state index in [9.17, 15) is 13.9 Å². The molecule has 1 atom stereocenters. The van der Waals surface area contributed by atoms with Crippen LogP contribution in [-0.2, 0) is 18.4 Å². The lowest BCUT2D eigenvalue weighted by molar-refractivity contribution is 0.0389. The van der Waals surface area contributed by atoms with Gasteiger partial charge in [0.05, 0.1) is 10.6 Å². The fraction of sp³-hybridized carbons (Fsp3) is 0.250. The predicted octanol–water partition coefficient (Wildman–Crippen LogP) is 3.99. The minimum absolute atomic E-state index is 0.0543. The first-order valence-electron chi connectivity index (χ1n) is 6.44. The Labute approximate surface area is 120 Å². The Morgan fingerprint density at radius 3 is 2.70 bits per heavy atom. The molecule has 0 bridgehead atoms. The highest BCUT2D eigenvalue weighted by molar-refractivity contribution is 6.30. The monoisotopic (exact) mass is 294 g/mol. The molecule has 0 saturated carbocycles. The van der Waals surface area contributed by atoms with Crippen LogP contribution in [0.5, 0.6) is 0 Å². The van der Waals surface area contributed by atoms with Gasteiger partial charge in [0.2, 0.25) is 0 Å². The summed E-state index contributed by atoms with van der Waals surface area (Å²) in [5.41, 5.74) is 0.668. The third kappa shape index (κ3) is 2.21. The van der Waals surface area contributed by atoms with Crippen LogP contribution >= 0.6 is 11.6 Å². The van der Waals surface area contributed by atoms with E-state index in [4.69, 9.17) is 11.6 Å². The molecule has 0 heterocycles. The average Bonchev–Trinajstić information content (AvgIpc) is 2.73. The zero-order valence-electron chi connectivity index (χ0n) is 10.7. The molecule has 0 fully saturated rings. The van der Waals surface area contributed by atoms with Gasteiger partial charge in [-0.05, 0) is 47.7 Å². The molecule has 0 radical (unpaired) electrons. The molecule has 1 aliphatic rings. The van der Waals surface area contributed by atoms with Crippen LogP contribution in [0, 0.1) is 11.6 Å². The Bertz CT molecular complexity index is 672. The summed E-state index contributed by atoms with van der Waals surface area (Å²) in [5.74, 6) is -0.800. The predicted molar refractivity (Wildman–Crippen MR) is 73.7 cm³/mol. The van der Waals surface area contributed by atoms with Gasteiger partial charge in [0.25, 0.3) is 0 Å². The molecular formula is C16H13ClF2O. The van der Waals surface area contributed by atoms with E-state index in [1.54, 1.807) is 18.2 Å². The summed E-state index contributed by atoms with van der Waals surface area (Å²) in [5, 5.41) is 10.8. The maximum atomic E-state index is 13.7. The van der Waals surface area contributed by atoms with Gasteiger partial charge in [0.1, 0.15) is 11.6 Å². The number of aliphatic hydroxyl groups is 1. The summed E-state index contributed by atoms with van der Waals surface area (Å²) in [4.78, 5) is 0. The van der Waals surface area contributed by atoms with E-state index in [0.717, 1.165) is 0 Å². The SMILES string of the molecule is OC1(Cc2ccc(Cl)c(F)c2)CCc2c(F)cccc21. The molecule has 2 aromatic carbocycles. The first kappa shape index (κ1) is 13.5. The third-order valence-electron chi connectivity index (χ3n) is 3.89. The Hall–Kier alpha value is -1.45. The van der Waals surface area contributed by atoms with Gasteiger partial charge >= 0.3 is 0 Å². The molecule has 104 valence electrons. The lowest BCUT2D eigenvalue weighted by atomic mass is 9.89. The molecule has 1 nitrogen and oxygen atoms in total. The van der Waals surface area contributed by atoms with E-state index in [2.05, 4.69) is 0 Å². The summed E-state index contributed by atoms with van der Waals surface area (Å²) >= 11 is 5.65. The standard InChI is InChI=1S/C16H13ClF2O/c17-13-5-4-10(8-15(13)19)9-16(20)7-6-11-12(16)2-1-3-14(11)18/h1-5,8,20H,6-7,9H2. The van der Waals surface area contributed by atoms with Gasteiger partial charge < -0.3 is 5.11 Å². The Balaban J connectivity index is 1.96. The second-order valence-corrected chi connectivity index (χ2v) is 5.63. The van der Waals surface area contributed by atoms with Crippen molar-refractivity contribution in [2.75, 3.05) is 0 Å². The maximum absolute atomic E-state index is 13.7. The average molecular weight is 295 g/mol. The Kier molecular flexibility index (Phi) is 3.27. The Morgan fingerprint density at radius 1 is 1.15 bits per heavy atom. The minimum atomic E-state index is -1.14. The number of rotatable bonds is 2. The van der Waals surface area contributed by atoms with Gasteiger partial charge in [0.15, 0.2) is 0 Å². The molecule has 1 N–H and O–H groups in total. The van der Waals surface area contributed by atoms with Gasteiger partial charge in [-0.2, -0.15) is 0 Å². The molecule has 20 heavy (non-hydrogen) atoms. The van der Waals surface area contributed by atoms with Crippen LogP contribution in [0.25, 0.3) is 0 Å². The minimum Gasteiger partial charge on any atom is -0.385 e. The lowest BCUT2D eigenvalue weighted by Crippen LogP contribution is -2.25. The molecule has 1 aliphatic carbocycles. The van der Waals surface area contributed by atoms with Crippen LogP contribution < -0.4 is 0 Å². The van der Waals surface area contributed by atoms with Crippen LogP contribution in [0.15, 0.2) is 36.4 Å². The lowest BCUT2D eigenvalue weighted by Gasteiger charge is -2.24. The van der Waals surface area contributed by atoms with Crippen LogP contribution in [0.4, 0.5) is 8.78 Å². The highest BCUT2D eigenvalue weighted by Crippen LogP contribution is 2.40. The Morgan fingerprint density at radius 2 is 1.95 bits per heavy atom. The zero-order chi connectivity index (χ0) is 14.3. The molecule has 0 amide bonds. The van der Waals surface area contributed by atoms with E-state index in [1.807, 2.05) is 0 Å². The normalized spacial score (nSPS) is 21.0. The summed E-state index contributed by atoms with van der Waals surface area (Å²) in [6, 6.07) is 9.19.